The van der Waals surface area contributed by atoms with E-state index >= 15 is 0 Å². The zero-order chi connectivity index (χ0) is 25.7. The third-order valence-electron chi connectivity index (χ3n) is 5.38. The summed E-state index contributed by atoms with van der Waals surface area (Å²) < 4.78 is 56.9. The Kier molecular flexibility index (Phi) is 7.94. The fourth-order valence-corrected chi connectivity index (χ4v) is 4.41. The number of carbonyl (C=O) groups excluding carboxylic acids is 1. The number of halogens is 3. The molecule has 0 aliphatic heterocycles. The van der Waals surface area contributed by atoms with Crippen molar-refractivity contribution in [2.24, 2.45) is 0 Å². The van der Waals surface area contributed by atoms with Crippen molar-refractivity contribution in [3.63, 3.8) is 0 Å². The van der Waals surface area contributed by atoms with Crippen LogP contribution in [-0.4, -0.2) is 43.4 Å². The molecule has 1 fully saturated rings. The number of carbonyl (C=O) groups is 1. The van der Waals surface area contributed by atoms with Crippen LogP contribution in [-0.2, 0) is 16.2 Å². The summed E-state index contributed by atoms with van der Waals surface area (Å²) >= 11 is -1.24. The van der Waals surface area contributed by atoms with Gasteiger partial charge in [-0.15, -0.1) is 0 Å². The maximum Gasteiger partial charge on any atom is 0.422 e. The molecule has 1 saturated carbocycles. The molecule has 4 rings (SSSR count). The number of hydrogen-bond acceptors (Lipinski definition) is 7. The second-order valence-electron chi connectivity index (χ2n) is 8.24. The molecule has 12 heteroatoms. The number of nitrogens with one attached hydrogen (secondary N) is 2. The van der Waals surface area contributed by atoms with Crippen LogP contribution in [0.5, 0.6) is 5.75 Å². The van der Waals surface area contributed by atoms with Crippen molar-refractivity contribution in [3.05, 3.63) is 60.7 Å². The highest BCUT2D eigenvalue weighted by Crippen LogP contribution is 2.30. The summed E-state index contributed by atoms with van der Waals surface area (Å²) in [4.78, 5) is 25.4. The Bertz CT molecular complexity index is 1190. The van der Waals surface area contributed by atoms with Crippen LogP contribution in [0, 0.1) is 0 Å². The number of ether oxygens (including phenoxy) is 1. The second kappa shape index (κ2) is 11.1. The number of nitrogens with zero attached hydrogens (tertiary/aromatic N) is 3. The summed E-state index contributed by atoms with van der Waals surface area (Å²) in [5.74, 6) is -0.576. The van der Waals surface area contributed by atoms with E-state index in [1.54, 1.807) is 30.3 Å². The Morgan fingerprint density at radius 2 is 1.94 bits per heavy atom. The monoisotopic (exact) mass is 519 g/mol. The van der Waals surface area contributed by atoms with Crippen LogP contribution >= 0.6 is 0 Å². The molecule has 0 spiro atoms. The SMILES string of the molecule is CCC(C(=O)Nc1ccc(-c2cncc(OCC(F)(F)F)c2)cc1)c1ccnc(N[S+]([O-])C2CC2)n1. The molecular weight excluding hydrogens is 495 g/mol. The lowest BCUT2D eigenvalue weighted by atomic mass is 10.0. The molecule has 2 aromatic heterocycles. The number of amides is 1. The first-order chi connectivity index (χ1) is 17.2. The van der Waals surface area contributed by atoms with Crippen molar-refractivity contribution in [1.82, 2.24) is 15.0 Å². The minimum absolute atomic E-state index is 0.00710. The van der Waals surface area contributed by atoms with Gasteiger partial charge in [0.2, 0.25) is 5.91 Å². The second-order valence-corrected chi connectivity index (χ2v) is 9.71. The van der Waals surface area contributed by atoms with Gasteiger partial charge in [0.15, 0.2) is 6.61 Å². The van der Waals surface area contributed by atoms with Crippen LogP contribution in [0.1, 0.15) is 37.8 Å². The molecule has 0 radical (unpaired) electrons. The molecule has 1 amide bonds. The molecule has 1 aliphatic rings. The van der Waals surface area contributed by atoms with E-state index in [-0.39, 0.29) is 22.9 Å². The molecule has 1 aromatic carbocycles. The maximum absolute atomic E-state index is 13.0. The van der Waals surface area contributed by atoms with Gasteiger partial charge in [-0.1, -0.05) is 19.1 Å². The summed E-state index contributed by atoms with van der Waals surface area (Å²) in [7, 11) is 0. The predicted molar refractivity (Wildman–Crippen MR) is 130 cm³/mol. The van der Waals surface area contributed by atoms with Crippen molar-refractivity contribution < 1.29 is 27.3 Å². The van der Waals surface area contributed by atoms with Crippen LogP contribution in [0.4, 0.5) is 24.8 Å². The topological polar surface area (TPSA) is 112 Å². The lowest BCUT2D eigenvalue weighted by molar-refractivity contribution is -0.153. The Morgan fingerprint density at radius 1 is 1.19 bits per heavy atom. The van der Waals surface area contributed by atoms with E-state index in [4.69, 9.17) is 4.74 Å². The molecule has 2 atom stereocenters. The van der Waals surface area contributed by atoms with Crippen LogP contribution in [0.3, 0.4) is 0 Å². The van der Waals surface area contributed by atoms with Gasteiger partial charge in [-0.2, -0.15) is 17.9 Å². The Hall–Kier alpha value is -3.38. The summed E-state index contributed by atoms with van der Waals surface area (Å²) in [6.07, 6.45) is 2.12. The van der Waals surface area contributed by atoms with Gasteiger partial charge < -0.3 is 14.6 Å². The van der Waals surface area contributed by atoms with Gasteiger partial charge in [-0.3, -0.25) is 9.78 Å². The molecule has 8 nitrogen and oxygen atoms in total. The largest absolute Gasteiger partial charge is 0.593 e. The molecule has 3 aromatic rings. The van der Waals surface area contributed by atoms with E-state index < -0.39 is 30.1 Å². The van der Waals surface area contributed by atoms with Crippen LogP contribution in [0.25, 0.3) is 11.1 Å². The molecule has 36 heavy (non-hydrogen) atoms. The van der Waals surface area contributed by atoms with E-state index in [1.807, 2.05) is 6.92 Å². The van der Waals surface area contributed by atoms with Crippen molar-refractivity contribution in [2.75, 3.05) is 16.6 Å². The first-order valence-electron chi connectivity index (χ1n) is 11.3. The van der Waals surface area contributed by atoms with Gasteiger partial charge in [0.25, 0.3) is 5.95 Å². The fraction of sp³-hybridized carbons (Fsp3) is 0.333. The van der Waals surface area contributed by atoms with Gasteiger partial charge in [0.1, 0.15) is 11.0 Å². The highest BCUT2D eigenvalue weighted by atomic mass is 32.2. The lowest BCUT2D eigenvalue weighted by Crippen LogP contribution is -2.23. The summed E-state index contributed by atoms with van der Waals surface area (Å²) in [6.45, 7) is 0.468. The minimum Gasteiger partial charge on any atom is -0.593 e. The maximum atomic E-state index is 13.0. The zero-order valence-corrected chi connectivity index (χ0v) is 20.1. The number of aromatic nitrogens is 3. The van der Waals surface area contributed by atoms with E-state index in [0.29, 0.717) is 28.9 Å². The number of rotatable bonds is 10. The molecule has 2 heterocycles. The van der Waals surface area contributed by atoms with Crippen molar-refractivity contribution in [2.45, 2.75) is 43.5 Å². The average molecular weight is 520 g/mol. The number of pyridine rings is 1. The molecule has 190 valence electrons. The normalized spacial score (nSPS) is 15.1. The average Bonchev–Trinajstić information content (AvgIpc) is 3.70. The highest BCUT2D eigenvalue weighted by molar-refractivity contribution is 7.93. The highest BCUT2D eigenvalue weighted by Gasteiger charge is 2.36. The van der Waals surface area contributed by atoms with Crippen molar-refractivity contribution >= 4 is 28.9 Å². The minimum atomic E-state index is -4.44. The first kappa shape index (κ1) is 25.7. The molecule has 0 saturated heterocycles. The number of alkyl halides is 3. The van der Waals surface area contributed by atoms with Gasteiger partial charge >= 0.3 is 6.18 Å². The number of benzene rings is 1. The standard InChI is InChI=1S/C24H24F3N5O3S/c1-2-20(21-9-10-29-23(31-21)32-36(34)19-7-8-19)22(33)30-17-5-3-15(4-6-17)16-11-18(13-28-12-16)35-14-24(25,26)27/h3-6,9-13,19-20H,2,7-8,14H2,1H3,(H,30,33)(H,29,31,32). The summed E-state index contributed by atoms with van der Waals surface area (Å²) in [5, 5.41) is 2.98. The third-order valence-corrected chi connectivity index (χ3v) is 6.84. The van der Waals surface area contributed by atoms with Crippen LogP contribution in [0.15, 0.2) is 55.0 Å². The smallest absolute Gasteiger partial charge is 0.422 e. The summed E-state index contributed by atoms with van der Waals surface area (Å²) in [5.41, 5.74) is 2.32. The van der Waals surface area contributed by atoms with E-state index in [9.17, 15) is 22.5 Å². The van der Waals surface area contributed by atoms with E-state index in [1.165, 1.54) is 24.7 Å². The Morgan fingerprint density at radius 3 is 2.61 bits per heavy atom. The van der Waals surface area contributed by atoms with E-state index in [0.717, 1.165) is 12.8 Å². The van der Waals surface area contributed by atoms with Crippen molar-refractivity contribution in [3.8, 4) is 16.9 Å². The molecule has 2 N–H and O–H groups in total. The van der Waals surface area contributed by atoms with Crippen LogP contribution < -0.4 is 14.8 Å². The van der Waals surface area contributed by atoms with Crippen LogP contribution in [0.2, 0.25) is 0 Å². The van der Waals surface area contributed by atoms with Gasteiger partial charge in [0.05, 0.1) is 29.2 Å². The number of anilines is 2. The molecular formula is C24H24F3N5O3S. The third kappa shape index (κ3) is 7.08. The molecule has 2 unspecified atom stereocenters. The Balaban J connectivity index is 1.40. The van der Waals surface area contributed by atoms with Gasteiger partial charge in [-0.05, 0) is 36.2 Å². The van der Waals surface area contributed by atoms with E-state index in [2.05, 4.69) is 25.0 Å². The first-order valence-corrected chi connectivity index (χ1v) is 12.5. The lowest BCUT2D eigenvalue weighted by Gasteiger charge is -2.16. The Labute approximate surface area is 209 Å². The molecule has 0 bridgehead atoms. The molecule has 1 aliphatic carbocycles. The van der Waals surface area contributed by atoms with Gasteiger partial charge in [0, 0.05) is 36.5 Å². The quantitative estimate of drug-likeness (QED) is 0.368. The summed E-state index contributed by atoms with van der Waals surface area (Å²) in [6, 6.07) is 9.95. The fourth-order valence-electron chi connectivity index (χ4n) is 3.40. The van der Waals surface area contributed by atoms with Crippen molar-refractivity contribution in [1.29, 1.82) is 0 Å². The van der Waals surface area contributed by atoms with Gasteiger partial charge in [-0.25, -0.2) is 9.97 Å². The predicted octanol–water partition coefficient (Wildman–Crippen LogP) is 4.85. The zero-order valence-electron chi connectivity index (χ0n) is 19.3. The number of hydrogen-bond donors (Lipinski definition) is 2.